The molecule has 0 radical (unpaired) electrons. The zero-order valence-electron chi connectivity index (χ0n) is 13.3. The van der Waals surface area contributed by atoms with Crippen LogP contribution in [0.3, 0.4) is 0 Å². The van der Waals surface area contributed by atoms with Crippen molar-refractivity contribution in [2.75, 3.05) is 23.7 Å². The summed E-state index contributed by atoms with van der Waals surface area (Å²) in [6.45, 7) is 1.15. The first-order chi connectivity index (χ1) is 12.3. The van der Waals surface area contributed by atoms with Gasteiger partial charge in [-0.1, -0.05) is 0 Å². The van der Waals surface area contributed by atoms with Crippen molar-refractivity contribution >= 4 is 23.2 Å². The number of hydrogen-bond acceptors (Lipinski definition) is 8. The summed E-state index contributed by atoms with van der Waals surface area (Å²) < 4.78 is 1.46. The van der Waals surface area contributed by atoms with Gasteiger partial charge < -0.3 is 16.0 Å². The molecule has 0 saturated heterocycles. The molecule has 3 aromatic rings. The summed E-state index contributed by atoms with van der Waals surface area (Å²) in [4.78, 5) is 19.5. The predicted octanol–water partition coefficient (Wildman–Crippen LogP) is 0.435. The molecule has 128 valence electrons. The Morgan fingerprint density at radius 2 is 1.96 bits per heavy atom. The van der Waals surface area contributed by atoms with Crippen LogP contribution < -0.4 is 16.0 Å². The molecule has 3 rings (SSSR count). The number of pyridine rings is 1. The smallest absolute Gasteiger partial charge is 0.241 e. The maximum Gasteiger partial charge on any atom is 0.241 e. The molecular formula is C15H17N9O. The number of carbonyl (C=O) groups excluding carboxylic acids is 1. The van der Waals surface area contributed by atoms with E-state index in [2.05, 4.69) is 41.2 Å². The monoisotopic (exact) mass is 339 g/mol. The fraction of sp³-hybridized carbons (Fsp3) is 0.200. The summed E-state index contributed by atoms with van der Waals surface area (Å²) in [5, 5.41) is 21.0. The quantitative estimate of drug-likeness (QED) is 0.505. The molecule has 0 unspecified atom stereocenters. The Labute approximate surface area is 143 Å². The lowest BCUT2D eigenvalue weighted by atomic mass is 10.4. The fourth-order valence-corrected chi connectivity index (χ4v) is 1.99. The SMILES string of the molecule is O=C(Cn1cncn1)NCCNc1ccc(Nc2cccnc2)nn1. The molecule has 3 heterocycles. The first kappa shape index (κ1) is 16.3. The molecular weight excluding hydrogens is 322 g/mol. The summed E-state index contributed by atoms with van der Waals surface area (Å²) >= 11 is 0. The second-order valence-corrected chi connectivity index (χ2v) is 5.04. The van der Waals surface area contributed by atoms with Gasteiger partial charge in [0.1, 0.15) is 25.0 Å². The fourth-order valence-electron chi connectivity index (χ4n) is 1.99. The normalized spacial score (nSPS) is 10.2. The first-order valence-electron chi connectivity index (χ1n) is 7.63. The van der Waals surface area contributed by atoms with Crippen molar-refractivity contribution in [3.63, 3.8) is 0 Å². The number of hydrogen-bond donors (Lipinski definition) is 3. The Hall–Kier alpha value is -3.56. The van der Waals surface area contributed by atoms with Crippen LogP contribution in [0.15, 0.2) is 49.3 Å². The molecule has 0 aliphatic carbocycles. The summed E-state index contributed by atoms with van der Waals surface area (Å²) in [5.41, 5.74) is 0.840. The Balaban J connectivity index is 1.38. The average molecular weight is 339 g/mol. The van der Waals surface area contributed by atoms with E-state index in [0.717, 1.165) is 5.69 Å². The van der Waals surface area contributed by atoms with Gasteiger partial charge in [-0.05, 0) is 24.3 Å². The van der Waals surface area contributed by atoms with Crippen molar-refractivity contribution in [2.24, 2.45) is 0 Å². The van der Waals surface area contributed by atoms with E-state index in [1.165, 1.54) is 17.3 Å². The molecule has 3 N–H and O–H groups in total. The van der Waals surface area contributed by atoms with E-state index in [4.69, 9.17) is 0 Å². The highest BCUT2D eigenvalue weighted by molar-refractivity contribution is 5.75. The number of nitrogens with zero attached hydrogens (tertiary/aromatic N) is 6. The van der Waals surface area contributed by atoms with Crippen LogP contribution in [-0.4, -0.2) is 48.9 Å². The molecule has 10 heteroatoms. The van der Waals surface area contributed by atoms with Crippen LogP contribution in [0.2, 0.25) is 0 Å². The minimum atomic E-state index is -0.130. The van der Waals surface area contributed by atoms with Gasteiger partial charge in [-0.25, -0.2) is 9.67 Å². The van der Waals surface area contributed by atoms with Crippen LogP contribution in [0.1, 0.15) is 0 Å². The Bertz CT molecular complexity index is 775. The third kappa shape index (κ3) is 5.23. The zero-order valence-corrected chi connectivity index (χ0v) is 13.3. The van der Waals surface area contributed by atoms with Gasteiger partial charge in [0.2, 0.25) is 5.91 Å². The Kier molecular flexibility index (Phi) is 5.44. The Morgan fingerprint density at radius 1 is 1.08 bits per heavy atom. The van der Waals surface area contributed by atoms with Crippen molar-refractivity contribution in [3.8, 4) is 0 Å². The summed E-state index contributed by atoms with van der Waals surface area (Å²) in [6, 6.07) is 7.35. The van der Waals surface area contributed by atoms with Crippen LogP contribution in [0.5, 0.6) is 0 Å². The molecule has 0 aliphatic heterocycles. The lowest BCUT2D eigenvalue weighted by molar-refractivity contribution is -0.121. The van der Waals surface area contributed by atoms with E-state index in [9.17, 15) is 4.79 Å². The molecule has 0 bridgehead atoms. The van der Waals surface area contributed by atoms with Crippen molar-refractivity contribution in [1.29, 1.82) is 0 Å². The van der Waals surface area contributed by atoms with Gasteiger partial charge in [-0.2, -0.15) is 5.10 Å². The number of anilines is 3. The molecule has 10 nitrogen and oxygen atoms in total. The van der Waals surface area contributed by atoms with Crippen molar-refractivity contribution in [1.82, 2.24) is 35.3 Å². The number of rotatable bonds is 8. The van der Waals surface area contributed by atoms with E-state index in [0.29, 0.717) is 24.7 Å². The molecule has 0 atom stereocenters. The lowest BCUT2D eigenvalue weighted by Crippen LogP contribution is -2.31. The van der Waals surface area contributed by atoms with E-state index in [-0.39, 0.29) is 12.5 Å². The highest BCUT2D eigenvalue weighted by atomic mass is 16.2. The van der Waals surface area contributed by atoms with Crippen LogP contribution in [-0.2, 0) is 11.3 Å². The zero-order chi connectivity index (χ0) is 17.3. The first-order valence-corrected chi connectivity index (χ1v) is 7.63. The number of nitrogens with one attached hydrogen (secondary N) is 3. The Morgan fingerprint density at radius 3 is 2.68 bits per heavy atom. The van der Waals surface area contributed by atoms with E-state index in [1.807, 2.05) is 24.3 Å². The highest BCUT2D eigenvalue weighted by Crippen LogP contribution is 2.12. The predicted molar refractivity (Wildman–Crippen MR) is 91.1 cm³/mol. The standard InChI is InChI=1S/C15H17N9O/c25-15(9-24-11-17-10-20-24)19-7-6-18-13-3-4-14(23-22-13)21-12-2-1-5-16-8-12/h1-5,8,10-11H,6-7,9H2,(H,18,22)(H,19,25)(H,21,23). The van der Waals surface area contributed by atoms with Crippen LogP contribution in [0.25, 0.3) is 0 Å². The summed E-state index contributed by atoms with van der Waals surface area (Å²) in [7, 11) is 0. The molecule has 0 saturated carbocycles. The van der Waals surface area contributed by atoms with E-state index >= 15 is 0 Å². The van der Waals surface area contributed by atoms with Gasteiger partial charge in [0.05, 0.1) is 11.9 Å². The van der Waals surface area contributed by atoms with E-state index in [1.54, 1.807) is 12.4 Å². The van der Waals surface area contributed by atoms with Crippen LogP contribution in [0, 0.1) is 0 Å². The van der Waals surface area contributed by atoms with Gasteiger partial charge in [0, 0.05) is 19.3 Å². The maximum absolute atomic E-state index is 11.7. The lowest BCUT2D eigenvalue weighted by Gasteiger charge is -2.08. The topological polar surface area (TPSA) is 123 Å². The minimum Gasteiger partial charge on any atom is -0.367 e. The van der Waals surface area contributed by atoms with Gasteiger partial charge in [0.15, 0.2) is 5.82 Å². The largest absolute Gasteiger partial charge is 0.367 e. The highest BCUT2D eigenvalue weighted by Gasteiger charge is 2.02. The third-order valence-electron chi connectivity index (χ3n) is 3.12. The minimum absolute atomic E-state index is 0.130. The van der Waals surface area contributed by atoms with Gasteiger partial charge in [-0.3, -0.25) is 9.78 Å². The van der Waals surface area contributed by atoms with Crippen LogP contribution in [0.4, 0.5) is 17.3 Å². The molecule has 0 fully saturated rings. The number of amides is 1. The summed E-state index contributed by atoms with van der Waals surface area (Å²) in [5.74, 6) is 1.12. The van der Waals surface area contributed by atoms with Crippen molar-refractivity contribution < 1.29 is 4.79 Å². The second kappa shape index (κ2) is 8.34. The van der Waals surface area contributed by atoms with Crippen LogP contribution >= 0.6 is 0 Å². The number of aromatic nitrogens is 6. The molecule has 0 aliphatic rings. The second-order valence-electron chi connectivity index (χ2n) is 5.04. The van der Waals surface area contributed by atoms with Crippen molar-refractivity contribution in [2.45, 2.75) is 6.54 Å². The molecule has 25 heavy (non-hydrogen) atoms. The van der Waals surface area contributed by atoms with Gasteiger partial charge in [0.25, 0.3) is 0 Å². The molecule has 0 aromatic carbocycles. The van der Waals surface area contributed by atoms with Gasteiger partial charge in [-0.15, -0.1) is 10.2 Å². The average Bonchev–Trinajstić information content (AvgIpc) is 3.14. The molecule has 0 spiro atoms. The van der Waals surface area contributed by atoms with Gasteiger partial charge >= 0.3 is 0 Å². The van der Waals surface area contributed by atoms with E-state index < -0.39 is 0 Å². The number of carbonyl (C=O) groups is 1. The van der Waals surface area contributed by atoms with Crippen molar-refractivity contribution in [3.05, 3.63) is 49.3 Å². The maximum atomic E-state index is 11.7. The molecule has 3 aromatic heterocycles. The summed E-state index contributed by atoms with van der Waals surface area (Å²) in [6.07, 6.45) is 6.29. The molecule has 1 amide bonds. The third-order valence-corrected chi connectivity index (χ3v) is 3.12.